The Morgan fingerprint density at radius 3 is 2.87 bits per heavy atom. The molecule has 23 heavy (non-hydrogen) atoms. The van der Waals surface area contributed by atoms with Crippen LogP contribution in [0.2, 0.25) is 0 Å². The van der Waals surface area contributed by atoms with E-state index >= 15 is 0 Å². The maximum absolute atomic E-state index is 12.9. The number of halogens is 1. The minimum Gasteiger partial charge on any atom is -0.268 e. The van der Waals surface area contributed by atoms with Crippen LogP contribution in [-0.4, -0.2) is 20.3 Å². The molecule has 116 valence electrons. The van der Waals surface area contributed by atoms with Gasteiger partial charge in [-0.2, -0.15) is 0 Å². The van der Waals surface area contributed by atoms with Gasteiger partial charge in [-0.15, -0.1) is 0 Å². The van der Waals surface area contributed by atoms with Gasteiger partial charge >= 0.3 is 0 Å². The smallest absolute Gasteiger partial charge is 0.267 e. The molecule has 6 heteroatoms. The highest BCUT2D eigenvalue weighted by Crippen LogP contribution is 2.23. The molecule has 0 fully saturated rings. The highest BCUT2D eigenvalue weighted by molar-refractivity contribution is 9.11. The van der Waals surface area contributed by atoms with E-state index in [4.69, 9.17) is 0 Å². The first-order valence-electron chi connectivity index (χ1n) is 6.97. The largest absolute Gasteiger partial charge is 0.268 e. The number of nitrogens with zero attached hydrogens (tertiary/aromatic N) is 3. The molecule has 0 aliphatic heterocycles. The first kappa shape index (κ1) is 16.0. The maximum atomic E-state index is 12.9. The molecule has 0 amide bonds. The van der Waals surface area contributed by atoms with Crippen molar-refractivity contribution in [1.29, 1.82) is 0 Å². The predicted molar refractivity (Wildman–Crippen MR) is 98.7 cm³/mol. The first-order chi connectivity index (χ1) is 11.1. The molecule has 0 saturated heterocycles. The van der Waals surface area contributed by atoms with Gasteiger partial charge in [0.1, 0.15) is 5.82 Å². The normalized spacial score (nSPS) is 10.9. The molecule has 0 saturated carbocycles. The lowest BCUT2D eigenvalue weighted by atomic mass is 10.2. The summed E-state index contributed by atoms with van der Waals surface area (Å²) in [5.41, 5.74) is 1.61. The number of aromatic nitrogens is 3. The molecule has 0 bridgehead atoms. The molecule has 2 heterocycles. The highest BCUT2D eigenvalue weighted by atomic mass is 79.9. The average molecular weight is 388 g/mol. The fraction of sp³-hybridized carbons (Fsp3) is 0.118. The molecule has 0 aliphatic rings. The lowest BCUT2D eigenvalue weighted by molar-refractivity contribution is 0.795. The van der Waals surface area contributed by atoms with E-state index in [2.05, 4.69) is 32.5 Å². The topological polar surface area (TPSA) is 47.8 Å². The predicted octanol–water partition coefficient (Wildman–Crippen LogP) is 4.09. The van der Waals surface area contributed by atoms with Crippen LogP contribution in [-0.2, 0) is 0 Å². The summed E-state index contributed by atoms with van der Waals surface area (Å²) in [5.74, 6) is 1.20. The second kappa shape index (κ2) is 6.68. The summed E-state index contributed by atoms with van der Waals surface area (Å²) in [4.78, 5) is 21.9. The van der Waals surface area contributed by atoms with Crippen LogP contribution in [0, 0.1) is 6.92 Å². The molecule has 4 nitrogen and oxygen atoms in total. The SMILES string of the molecule is C=C(Br)CSc1nc2ccccc2c(=O)n1-c1cc(C)ccn1. The third kappa shape index (κ3) is 3.38. The lowest BCUT2D eigenvalue weighted by Gasteiger charge is -2.12. The zero-order valence-electron chi connectivity index (χ0n) is 12.5. The minimum absolute atomic E-state index is 0.114. The number of aryl methyl sites for hydroxylation is 1. The highest BCUT2D eigenvalue weighted by Gasteiger charge is 2.14. The van der Waals surface area contributed by atoms with Crippen molar-refractivity contribution in [1.82, 2.24) is 14.5 Å². The van der Waals surface area contributed by atoms with Crippen molar-refractivity contribution in [3.05, 3.63) is 69.6 Å². The first-order valence-corrected chi connectivity index (χ1v) is 8.75. The van der Waals surface area contributed by atoms with E-state index in [0.29, 0.717) is 27.6 Å². The molecule has 0 radical (unpaired) electrons. The van der Waals surface area contributed by atoms with E-state index in [1.807, 2.05) is 37.3 Å². The third-order valence-electron chi connectivity index (χ3n) is 3.23. The van der Waals surface area contributed by atoms with Crippen LogP contribution >= 0.6 is 27.7 Å². The Morgan fingerprint density at radius 2 is 2.13 bits per heavy atom. The van der Waals surface area contributed by atoms with Crippen molar-refractivity contribution >= 4 is 38.6 Å². The summed E-state index contributed by atoms with van der Waals surface area (Å²) in [6.07, 6.45) is 1.70. The van der Waals surface area contributed by atoms with Crippen molar-refractivity contribution < 1.29 is 0 Å². The Bertz CT molecular complexity index is 952. The van der Waals surface area contributed by atoms with E-state index in [1.165, 1.54) is 11.8 Å². The van der Waals surface area contributed by atoms with Gasteiger partial charge in [-0.25, -0.2) is 14.5 Å². The van der Waals surface area contributed by atoms with Crippen molar-refractivity contribution in [3.63, 3.8) is 0 Å². The zero-order chi connectivity index (χ0) is 16.4. The van der Waals surface area contributed by atoms with Crippen LogP contribution in [0.15, 0.2) is 63.6 Å². The zero-order valence-corrected chi connectivity index (χ0v) is 14.9. The van der Waals surface area contributed by atoms with Crippen LogP contribution in [0.1, 0.15) is 5.56 Å². The van der Waals surface area contributed by atoms with Crippen LogP contribution in [0.5, 0.6) is 0 Å². The van der Waals surface area contributed by atoms with Crippen molar-refractivity contribution in [2.75, 3.05) is 5.75 Å². The van der Waals surface area contributed by atoms with E-state index in [-0.39, 0.29) is 5.56 Å². The monoisotopic (exact) mass is 387 g/mol. The third-order valence-corrected chi connectivity index (χ3v) is 4.91. The average Bonchev–Trinajstić information content (AvgIpc) is 2.53. The van der Waals surface area contributed by atoms with E-state index in [9.17, 15) is 4.79 Å². The van der Waals surface area contributed by atoms with Crippen molar-refractivity contribution in [2.24, 2.45) is 0 Å². The Balaban J connectivity index is 2.27. The molecule has 0 N–H and O–H groups in total. The van der Waals surface area contributed by atoms with E-state index < -0.39 is 0 Å². The molecule has 3 rings (SSSR count). The molecule has 0 spiro atoms. The number of hydrogen-bond acceptors (Lipinski definition) is 4. The van der Waals surface area contributed by atoms with Crippen molar-refractivity contribution in [3.8, 4) is 5.82 Å². The summed E-state index contributed by atoms with van der Waals surface area (Å²) >= 11 is 4.80. The van der Waals surface area contributed by atoms with E-state index in [0.717, 1.165) is 10.0 Å². The summed E-state index contributed by atoms with van der Waals surface area (Å²) in [6, 6.07) is 11.1. The summed E-state index contributed by atoms with van der Waals surface area (Å²) in [5, 5.41) is 1.19. The number of benzene rings is 1. The molecule has 1 aromatic carbocycles. The van der Waals surface area contributed by atoms with Gasteiger partial charge in [0.25, 0.3) is 5.56 Å². The van der Waals surface area contributed by atoms with Gasteiger partial charge in [-0.05, 0) is 41.2 Å². The van der Waals surface area contributed by atoms with Crippen molar-refractivity contribution in [2.45, 2.75) is 12.1 Å². The summed E-state index contributed by atoms with van der Waals surface area (Å²) < 4.78 is 2.41. The van der Waals surface area contributed by atoms with E-state index in [1.54, 1.807) is 16.8 Å². The molecule has 2 aromatic heterocycles. The van der Waals surface area contributed by atoms with Gasteiger partial charge in [0.2, 0.25) is 0 Å². The molecule has 0 aliphatic carbocycles. The summed E-state index contributed by atoms with van der Waals surface area (Å²) in [7, 11) is 0. The van der Waals surface area contributed by atoms with Gasteiger partial charge in [-0.3, -0.25) is 4.79 Å². The number of hydrogen-bond donors (Lipinski definition) is 0. The molecule has 3 aromatic rings. The van der Waals surface area contributed by atoms with Gasteiger partial charge in [0, 0.05) is 11.9 Å². The van der Waals surface area contributed by atoms with Crippen LogP contribution < -0.4 is 5.56 Å². The van der Waals surface area contributed by atoms with Crippen LogP contribution in [0.25, 0.3) is 16.7 Å². The van der Waals surface area contributed by atoms with Gasteiger partial charge in [0.15, 0.2) is 5.16 Å². The Labute approximate surface area is 146 Å². The number of para-hydroxylation sites is 1. The molecule has 0 unspecified atom stereocenters. The van der Waals surface area contributed by atoms with Gasteiger partial charge < -0.3 is 0 Å². The Hall–Kier alpha value is -1.92. The van der Waals surface area contributed by atoms with Crippen LogP contribution in [0.3, 0.4) is 0 Å². The number of pyridine rings is 1. The molecule has 0 atom stereocenters. The standard InChI is InChI=1S/C17H14BrN3OS/c1-11-7-8-19-15(9-11)21-16(22)13-5-3-4-6-14(13)20-17(21)23-10-12(2)18/h3-9H,2,10H2,1H3. The van der Waals surface area contributed by atoms with Gasteiger partial charge in [-0.1, -0.05) is 46.4 Å². The second-order valence-electron chi connectivity index (χ2n) is 5.05. The van der Waals surface area contributed by atoms with Gasteiger partial charge in [0.05, 0.1) is 10.9 Å². The Morgan fingerprint density at radius 1 is 1.35 bits per heavy atom. The quantitative estimate of drug-likeness (QED) is 0.499. The van der Waals surface area contributed by atoms with Crippen LogP contribution in [0.4, 0.5) is 0 Å². The summed E-state index contributed by atoms with van der Waals surface area (Å²) in [6.45, 7) is 5.81. The maximum Gasteiger partial charge on any atom is 0.267 e. The molecular weight excluding hydrogens is 374 g/mol. The fourth-order valence-corrected chi connectivity index (χ4v) is 3.29. The molecular formula is C17H14BrN3OS. The number of fused-ring (bicyclic) bond motifs is 1. The number of thioether (sulfide) groups is 1. The number of rotatable bonds is 4. The minimum atomic E-state index is -0.114. The Kier molecular flexibility index (Phi) is 4.63. The second-order valence-corrected chi connectivity index (χ2v) is 7.11. The fourth-order valence-electron chi connectivity index (χ4n) is 2.20. The lowest BCUT2D eigenvalue weighted by Crippen LogP contribution is -2.22.